The first-order chi connectivity index (χ1) is 13.3. The first-order valence-corrected chi connectivity index (χ1v) is 10.1. The highest BCUT2D eigenvalue weighted by Gasteiger charge is 2.27. The van der Waals surface area contributed by atoms with E-state index in [4.69, 9.17) is 11.6 Å². The molecule has 3 rings (SSSR count). The van der Waals surface area contributed by atoms with Crippen molar-refractivity contribution in [2.24, 2.45) is 7.05 Å². The number of aryl methyl sites for hydroxylation is 1. The van der Waals surface area contributed by atoms with Crippen LogP contribution in [0.3, 0.4) is 0 Å². The molecule has 1 aliphatic rings. The van der Waals surface area contributed by atoms with Crippen molar-refractivity contribution >= 4 is 29.0 Å². The average molecular weight is 405 g/mol. The predicted octanol–water partition coefficient (Wildman–Crippen LogP) is -0.0999. The molecule has 28 heavy (non-hydrogen) atoms. The molecule has 1 aliphatic heterocycles. The summed E-state index contributed by atoms with van der Waals surface area (Å²) in [5, 5.41) is 3.43. The summed E-state index contributed by atoms with van der Waals surface area (Å²) in [6.45, 7) is 8.50. The Morgan fingerprint density at radius 3 is 2.25 bits per heavy atom. The van der Waals surface area contributed by atoms with Crippen LogP contribution < -0.4 is 15.1 Å². The van der Waals surface area contributed by atoms with Crippen molar-refractivity contribution in [1.29, 1.82) is 0 Å². The van der Waals surface area contributed by atoms with E-state index in [1.807, 2.05) is 39.1 Å². The molecule has 0 unspecified atom stereocenters. The van der Waals surface area contributed by atoms with Crippen LogP contribution in [-0.4, -0.2) is 55.5 Å². The van der Waals surface area contributed by atoms with Crippen LogP contribution in [0.25, 0.3) is 0 Å². The normalized spacial score (nSPS) is 19.4. The SMILES string of the molecule is Cc1cc(C(=O)C[NH+]2CC[NH+](CC(=O)Nc3ccccc3Cl)CC2)c(C)n1C. The van der Waals surface area contributed by atoms with E-state index in [2.05, 4.69) is 9.88 Å². The molecule has 2 heterocycles. The lowest BCUT2D eigenvalue weighted by Gasteiger charge is -2.29. The second kappa shape index (κ2) is 8.90. The Bertz CT molecular complexity index is 869. The summed E-state index contributed by atoms with van der Waals surface area (Å²) in [5.41, 5.74) is 3.62. The first kappa shape index (κ1) is 20.6. The number of nitrogens with zero attached hydrogens (tertiary/aromatic N) is 1. The monoisotopic (exact) mass is 404 g/mol. The smallest absolute Gasteiger partial charge is 0.279 e. The Morgan fingerprint density at radius 2 is 1.68 bits per heavy atom. The molecule has 0 radical (unpaired) electrons. The summed E-state index contributed by atoms with van der Waals surface area (Å²) >= 11 is 6.09. The second-order valence-corrected chi connectivity index (χ2v) is 8.06. The highest BCUT2D eigenvalue weighted by Crippen LogP contribution is 2.19. The maximum absolute atomic E-state index is 12.7. The van der Waals surface area contributed by atoms with Crippen molar-refractivity contribution in [2.75, 3.05) is 44.6 Å². The van der Waals surface area contributed by atoms with Crippen molar-refractivity contribution in [1.82, 2.24) is 4.57 Å². The Kier molecular flexibility index (Phi) is 6.54. The summed E-state index contributed by atoms with van der Waals surface area (Å²) in [5.74, 6) is 0.175. The third-order valence-corrected chi connectivity index (χ3v) is 6.04. The largest absolute Gasteiger partial charge is 0.351 e. The highest BCUT2D eigenvalue weighted by atomic mass is 35.5. The molecule has 1 saturated heterocycles. The van der Waals surface area contributed by atoms with Gasteiger partial charge in [-0.15, -0.1) is 0 Å². The van der Waals surface area contributed by atoms with Crippen molar-refractivity contribution in [3.05, 3.63) is 52.3 Å². The van der Waals surface area contributed by atoms with E-state index in [0.29, 0.717) is 23.8 Å². The predicted molar refractivity (Wildman–Crippen MR) is 110 cm³/mol. The molecular formula is C21H29ClN4O2+2. The molecule has 0 saturated carbocycles. The number of carbonyl (C=O) groups excluding carboxylic acids is 2. The van der Waals surface area contributed by atoms with Gasteiger partial charge in [0.05, 0.1) is 10.7 Å². The van der Waals surface area contributed by atoms with Crippen LogP contribution in [0.2, 0.25) is 5.02 Å². The highest BCUT2D eigenvalue weighted by molar-refractivity contribution is 6.33. The minimum absolute atomic E-state index is 0.0296. The number of anilines is 1. The van der Waals surface area contributed by atoms with Crippen LogP contribution in [0.1, 0.15) is 21.7 Å². The summed E-state index contributed by atoms with van der Waals surface area (Å²) in [6.07, 6.45) is 0. The number of quaternary nitrogens is 2. The molecule has 0 bridgehead atoms. The summed E-state index contributed by atoms with van der Waals surface area (Å²) in [6, 6.07) is 9.24. The third kappa shape index (κ3) is 4.82. The summed E-state index contributed by atoms with van der Waals surface area (Å²) in [7, 11) is 1.99. The number of carbonyl (C=O) groups is 2. The minimum atomic E-state index is -0.0296. The van der Waals surface area contributed by atoms with E-state index < -0.39 is 0 Å². The van der Waals surface area contributed by atoms with Gasteiger partial charge < -0.3 is 19.7 Å². The van der Waals surface area contributed by atoms with Crippen LogP contribution >= 0.6 is 11.6 Å². The van der Waals surface area contributed by atoms with Gasteiger partial charge in [0.1, 0.15) is 32.7 Å². The number of hydrogen-bond donors (Lipinski definition) is 3. The molecule has 1 aromatic carbocycles. The van der Waals surface area contributed by atoms with Gasteiger partial charge in [-0.05, 0) is 32.0 Å². The van der Waals surface area contributed by atoms with E-state index in [1.165, 1.54) is 9.80 Å². The van der Waals surface area contributed by atoms with Gasteiger partial charge in [-0.2, -0.15) is 0 Å². The van der Waals surface area contributed by atoms with Crippen molar-refractivity contribution in [3.63, 3.8) is 0 Å². The fourth-order valence-electron chi connectivity index (χ4n) is 3.75. The molecule has 0 atom stereocenters. The van der Waals surface area contributed by atoms with Crippen LogP contribution in [0.15, 0.2) is 30.3 Å². The Morgan fingerprint density at radius 1 is 1.07 bits per heavy atom. The number of Topliss-reactive ketones (excluding diaryl/α,β-unsaturated/α-hetero) is 1. The number of nitrogens with one attached hydrogen (secondary N) is 3. The van der Waals surface area contributed by atoms with Crippen LogP contribution in [0, 0.1) is 13.8 Å². The average Bonchev–Trinajstić information content (AvgIpc) is 2.93. The van der Waals surface area contributed by atoms with Gasteiger partial charge in [-0.25, -0.2) is 0 Å². The third-order valence-electron chi connectivity index (χ3n) is 5.71. The number of halogens is 1. The maximum Gasteiger partial charge on any atom is 0.279 e. The number of piperazine rings is 1. The van der Waals surface area contributed by atoms with E-state index in [-0.39, 0.29) is 11.7 Å². The maximum atomic E-state index is 12.7. The van der Waals surface area contributed by atoms with Crippen LogP contribution in [-0.2, 0) is 11.8 Å². The molecular weight excluding hydrogens is 376 g/mol. The number of aromatic nitrogens is 1. The second-order valence-electron chi connectivity index (χ2n) is 7.65. The van der Waals surface area contributed by atoms with Crippen molar-refractivity contribution < 1.29 is 19.4 Å². The minimum Gasteiger partial charge on any atom is -0.351 e. The Hall–Kier alpha value is -2.15. The zero-order chi connectivity index (χ0) is 20.3. The fourth-order valence-corrected chi connectivity index (χ4v) is 3.94. The van der Waals surface area contributed by atoms with Crippen molar-refractivity contribution in [2.45, 2.75) is 13.8 Å². The quantitative estimate of drug-likeness (QED) is 0.589. The molecule has 6 nitrogen and oxygen atoms in total. The van der Waals surface area contributed by atoms with E-state index >= 15 is 0 Å². The lowest BCUT2D eigenvalue weighted by Crippen LogP contribution is -3.28. The lowest BCUT2D eigenvalue weighted by atomic mass is 10.1. The van der Waals surface area contributed by atoms with Gasteiger partial charge in [-0.3, -0.25) is 9.59 Å². The standard InChI is InChI=1S/C21H27ClN4O2/c1-15-12-17(16(2)24(15)3)20(27)13-25-8-10-26(11-9-25)14-21(28)23-19-7-5-4-6-18(19)22/h4-7,12H,8-11,13-14H2,1-3H3,(H,23,28)/p+2. The molecule has 1 aromatic heterocycles. The molecule has 7 heteroatoms. The van der Waals surface area contributed by atoms with Crippen molar-refractivity contribution in [3.8, 4) is 0 Å². The van der Waals surface area contributed by atoms with E-state index in [1.54, 1.807) is 12.1 Å². The van der Waals surface area contributed by atoms with Gasteiger partial charge in [0.2, 0.25) is 5.78 Å². The van der Waals surface area contributed by atoms with E-state index in [0.717, 1.165) is 43.1 Å². The van der Waals surface area contributed by atoms with Gasteiger partial charge in [0, 0.05) is 24.0 Å². The van der Waals surface area contributed by atoms with Crippen LogP contribution in [0.4, 0.5) is 5.69 Å². The Balaban J connectivity index is 1.46. The lowest BCUT2D eigenvalue weighted by molar-refractivity contribution is -1.00. The van der Waals surface area contributed by atoms with E-state index in [9.17, 15) is 9.59 Å². The molecule has 0 spiro atoms. The number of rotatable bonds is 6. The van der Waals surface area contributed by atoms with Gasteiger partial charge >= 0.3 is 0 Å². The van der Waals surface area contributed by atoms with Gasteiger partial charge in [0.15, 0.2) is 6.54 Å². The summed E-state index contributed by atoms with van der Waals surface area (Å²) < 4.78 is 2.06. The summed E-state index contributed by atoms with van der Waals surface area (Å²) in [4.78, 5) is 27.5. The number of benzene rings is 1. The van der Waals surface area contributed by atoms with Gasteiger partial charge in [-0.1, -0.05) is 23.7 Å². The molecule has 150 valence electrons. The molecule has 2 aromatic rings. The topological polar surface area (TPSA) is 60.0 Å². The molecule has 0 aliphatic carbocycles. The van der Waals surface area contributed by atoms with Gasteiger partial charge in [0.25, 0.3) is 5.91 Å². The number of hydrogen-bond acceptors (Lipinski definition) is 2. The zero-order valence-electron chi connectivity index (χ0n) is 16.8. The van der Waals surface area contributed by atoms with Crippen LogP contribution in [0.5, 0.6) is 0 Å². The first-order valence-electron chi connectivity index (χ1n) is 9.72. The number of amides is 1. The number of ketones is 1. The molecule has 1 fully saturated rings. The Labute approximate surface area is 171 Å². The zero-order valence-corrected chi connectivity index (χ0v) is 17.5. The fraction of sp³-hybridized carbons (Fsp3) is 0.429. The molecule has 1 amide bonds. The number of para-hydroxylation sites is 1. The molecule has 3 N–H and O–H groups in total.